The van der Waals surface area contributed by atoms with Gasteiger partial charge in [-0.3, -0.25) is 0 Å². The van der Waals surface area contributed by atoms with Crippen LogP contribution in [0.15, 0.2) is 21.9 Å². The number of hydrogen-bond acceptors (Lipinski definition) is 4. The van der Waals surface area contributed by atoms with Gasteiger partial charge in [0.05, 0.1) is 5.01 Å². The molecular weight excluding hydrogens is 244 g/mol. The van der Waals surface area contributed by atoms with Gasteiger partial charge in [0.2, 0.25) is 0 Å². The summed E-state index contributed by atoms with van der Waals surface area (Å²) < 4.78 is 5.59. The average Bonchev–Trinajstić information content (AvgIpc) is 3.07. The molecule has 1 N–H and O–H groups in total. The summed E-state index contributed by atoms with van der Waals surface area (Å²) in [5, 5.41) is 6.74. The molecule has 4 heteroatoms. The molecule has 3 heterocycles. The standard InChI is InChI=1S/C14H18N2OS/c1-10-2-4-13(17-10)12-9-18-14(16-12)5-3-11-6-7-15-8-11/h2,4,9,11,15H,3,5-8H2,1H3. The molecular formula is C14H18N2OS. The Morgan fingerprint density at radius 2 is 2.44 bits per heavy atom. The first kappa shape index (κ1) is 11.9. The van der Waals surface area contributed by atoms with Crippen LogP contribution in [0.25, 0.3) is 11.5 Å². The second kappa shape index (κ2) is 5.24. The number of furan rings is 1. The molecule has 0 radical (unpaired) electrons. The van der Waals surface area contributed by atoms with E-state index in [0.717, 1.165) is 29.6 Å². The van der Waals surface area contributed by atoms with Crippen LogP contribution in [-0.4, -0.2) is 18.1 Å². The first-order chi connectivity index (χ1) is 8.81. The summed E-state index contributed by atoms with van der Waals surface area (Å²) in [5.74, 6) is 2.66. The van der Waals surface area contributed by atoms with Gasteiger partial charge in [-0.2, -0.15) is 0 Å². The fourth-order valence-electron chi connectivity index (χ4n) is 2.40. The number of rotatable bonds is 4. The average molecular weight is 262 g/mol. The highest BCUT2D eigenvalue weighted by atomic mass is 32.1. The highest BCUT2D eigenvalue weighted by molar-refractivity contribution is 7.09. The molecule has 3 nitrogen and oxygen atoms in total. The normalized spacial score (nSPS) is 19.5. The number of nitrogens with one attached hydrogen (secondary N) is 1. The summed E-state index contributed by atoms with van der Waals surface area (Å²) in [7, 11) is 0. The van der Waals surface area contributed by atoms with E-state index in [1.165, 1.54) is 30.9 Å². The van der Waals surface area contributed by atoms with E-state index >= 15 is 0 Å². The molecule has 0 amide bonds. The van der Waals surface area contributed by atoms with Crippen molar-refractivity contribution >= 4 is 11.3 Å². The molecule has 2 aromatic heterocycles. The summed E-state index contributed by atoms with van der Waals surface area (Å²) >= 11 is 1.75. The molecule has 1 atom stereocenters. The lowest BCUT2D eigenvalue weighted by Crippen LogP contribution is -2.09. The molecule has 18 heavy (non-hydrogen) atoms. The lowest BCUT2D eigenvalue weighted by atomic mass is 10.0. The van der Waals surface area contributed by atoms with Gasteiger partial charge in [0.15, 0.2) is 5.76 Å². The Morgan fingerprint density at radius 3 is 3.17 bits per heavy atom. The lowest BCUT2D eigenvalue weighted by Gasteiger charge is -2.04. The van der Waals surface area contributed by atoms with E-state index in [9.17, 15) is 0 Å². The maximum atomic E-state index is 5.59. The molecule has 0 spiro atoms. The van der Waals surface area contributed by atoms with Crippen molar-refractivity contribution in [3.8, 4) is 11.5 Å². The van der Waals surface area contributed by atoms with Gasteiger partial charge in [0.1, 0.15) is 11.5 Å². The highest BCUT2D eigenvalue weighted by Gasteiger charge is 2.15. The molecule has 0 saturated carbocycles. The van der Waals surface area contributed by atoms with Crippen LogP contribution in [0.2, 0.25) is 0 Å². The molecule has 1 fully saturated rings. The minimum atomic E-state index is 0.836. The van der Waals surface area contributed by atoms with Crippen molar-refractivity contribution in [2.45, 2.75) is 26.2 Å². The monoisotopic (exact) mass is 262 g/mol. The molecule has 0 bridgehead atoms. The number of nitrogens with zero attached hydrogens (tertiary/aromatic N) is 1. The SMILES string of the molecule is Cc1ccc(-c2csc(CCC3CCNC3)n2)o1. The molecule has 96 valence electrons. The Balaban J connectivity index is 1.62. The van der Waals surface area contributed by atoms with Crippen LogP contribution in [0.1, 0.15) is 23.6 Å². The van der Waals surface area contributed by atoms with E-state index in [4.69, 9.17) is 4.42 Å². The quantitative estimate of drug-likeness (QED) is 0.919. The van der Waals surface area contributed by atoms with E-state index in [-0.39, 0.29) is 0 Å². The van der Waals surface area contributed by atoms with Gasteiger partial charge in [0.25, 0.3) is 0 Å². The van der Waals surface area contributed by atoms with Gasteiger partial charge in [-0.25, -0.2) is 4.98 Å². The van der Waals surface area contributed by atoms with Crippen LogP contribution in [0, 0.1) is 12.8 Å². The third kappa shape index (κ3) is 2.65. The predicted octanol–water partition coefficient (Wildman–Crippen LogP) is 3.25. The van der Waals surface area contributed by atoms with Crippen molar-refractivity contribution in [3.63, 3.8) is 0 Å². The molecule has 1 unspecified atom stereocenters. The first-order valence-corrected chi connectivity index (χ1v) is 7.41. The number of aryl methyl sites for hydroxylation is 2. The van der Waals surface area contributed by atoms with Gasteiger partial charge < -0.3 is 9.73 Å². The Bertz CT molecular complexity index is 511. The molecule has 1 aliphatic heterocycles. The van der Waals surface area contributed by atoms with Crippen LogP contribution in [0.4, 0.5) is 0 Å². The van der Waals surface area contributed by atoms with Crippen molar-refractivity contribution in [3.05, 3.63) is 28.3 Å². The summed E-state index contributed by atoms with van der Waals surface area (Å²) in [6.07, 6.45) is 3.66. The first-order valence-electron chi connectivity index (χ1n) is 6.53. The highest BCUT2D eigenvalue weighted by Crippen LogP contribution is 2.25. The van der Waals surface area contributed by atoms with E-state index < -0.39 is 0 Å². The summed E-state index contributed by atoms with van der Waals surface area (Å²) in [5.41, 5.74) is 0.979. The minimum Gasteiger partial charge on any atom is -0.460 e. The van der Waals surface area contributed by atoms with E-state index in [0.29, 0.717) is 0 Å². The molecule has 0 aromatic carbocycles. The number of thiazole rings is 1. The minimum absolute atomic E-state index is 0.836. The zero-order chi connectivity index (χ0) is 12.4. The summed E-state index contributed by atoms with van der Waals surface area (Å²) in [4.78, 5) is 4.66. The molecule has 0 aliphatic carbocycles. The van der Waals surface area contributed by atoms with Crippen molar-refractivity contribution in [1.29, 1.82) is 0 Å². The fourth-order valence-corrected chi connectivity index (χ4v) is 3.20. The van der Waals surface area contributed by atoms with Crippen molar-refractivity contribution < 1.29 is 4.42 Å². The van der Waals surface area contributed by atoms with E-state index in [1.54, 1.807) is 11.3 Å². The lowest BCUT2D eigenvalue weighted by molar-refractivity contribution is 0.531. The van der Waals surface area contributed by atoms with Crippen LogP contribution >= 0.6 is 11.3 Å². The second-order valence-electron chi connectivity index (χ2n) is 4.93. The predicted molar refractivity (Wildman–Crippen MR) is 73.9 cm³/mol. The maximum Gasteiger partial charge on any atom is 0.153 e. The molecule has 3 rings (SSSR count). The Hall–Kier alpha value is -1.13. The van der Waals surface area contributed by atoms with Gasteiger partial charge in [-0.15, -0.1) is 11.3 Å². The maximum absolute atomic E-state index is 5.59. The van der Waals surface area contributed by atoms with Crippen molar-refractivity contribution in [1.82, 2.24) is 10.3 Å². The zero-order valence-corrected chi connectivity index (χ0v) is 11.4. The Labute approximate surface area is 111 Å². The van der Waals surface area contributed by atoms with Gasteiger partial charge in [0, 0.05) is 5.38 Å². The topological polar surface area (TPSA) is 38.1 Å². The van der Waals surface area contributed by atoms with Gasteiger partial charge in [-0.1, -0.05) is 0 Å². The third-order valence-corrected chi connectivity index (χ3v) is 4.38. The van der Waals surface area contributed by atoms with Crippen LogP contribution in [0.5, 0.6) is 0 Å². The van der Waals surface area contributed by atoms with Crippen LogP contribution in [0.3, 0.4) is 0 Å². The van der Waals surface area contributed by atoms with E-state index in [1.807, 2.05) is 19.1 Å². The van der Waals surface area contributed by atoms with Crippen molar-refractivity contribution in [2.75, 3.05) is 13.1 Å². The number of hydrogen-bond donors (Lipinski definition) is 1. The number of aromatic nitrogens is 1. The van der Waals surface area contributed by atoms with Crippen molar-refractivity contribution in [2.24, 2.45) is 5.92 Å². The van der Waals surface area contributed by atoms with Gasteiger partial charge >= 0.3 is 0 Å². The smallest absolute Gasteiger partial charge is 0.153 e. The van der Waals surface area contributed by atoms with Crippen LogP contribution in [-0.2, 0) is 6.42 Å². The van der Waals surface area contributed by atoms with Gasteiger partial charge in [-0.05, 0) is 57.3 Å². The summed E-state index contributed by atoms with van der Waals surface area (Å²) in [6.45, 7) is 4.32. The molecule has 2 aromatic rings. The molecule has 1 aliphatic rings. The Morgan fingerprint density at radius 1 is 1.50 bits per heavy atom. The van der Waals surface area contributed by atoms with E-state index in [2.05, 4.69) is 15.7 Å². The third-order valence-electron chi connectivity index (χ3n) is 3.47. The largest absolute Gasteiger partial charge is 0.460 e. The van der Waals surface area contributed by atoms with Crippen LogP contribution < -0.4 is 5.32 Å². The Kier molecular flexibility index (Phi) is 3.48. The fraction of sp³-hybridized carbons (Fsp3) is 0.500. The molecule has 1 saturated heterocycles. The summed E-state index contributed by atoms with van der Waals surface area (Å²) in [6, 6.07) is 3.98. The zero-order valence-electron chi connectivity index (χ0n) is 10.6. The second-order valence-corrected chi connectivity index (χ2v) is 5.88.